The Labute approximate surface area is 233 Å². The Morgan fingerprint density at radius 2 is 1.85 bits per heavy atom. The molecule has 214 valence electrons. The number of anilines is 1. The van der Waals surface area contributed by atoms with Gasteiger partial charge < -0.3 is 20.4 Å². The maximum Gasteiger partial charge on any atom is 0.412 e. The number of pyridine rings is 2. The summed E-state index contributed by atoms with van der Waals surface area (Å²) in [5, 5.41) is 21.7. The van der Waals surface area contributed by atoms with Crippen molar-refractivity contribution in [3.8, 4) is 5.69 Å². The van der Waals surface area contributed by atoms with Gasteiger partial charge in [0.15, 0.2) is 11.7 Å². The number of β-amino-alcohol motifs (C(OH)–C–C–N with tert-alkyl or cyclic N) is 1. The first-order valence-corrected chi connectivity index (χ1v) is 12.5. The molecular weight excluding hydrogens is 575 g/mol. The second-order valence-electron chi connectivity index (χ2n) is 9.40. The number of rotatable bonds is 5. The minimum Gasteiger partial charge on any atom is -0.391 e. The summed E-state index contributed by atoms with van der Waals surface area (Å²) in [4.78, 5) is 32.3. The summed E-state index contributed by atoms with van der Waals surface area (Å²) in [6.07, 6.45) is -6.13. The van der Waals surface area contributed by atoms with Crippen LogP contribution in [0.5, 0.6) is 0 Å². The van der Waals surface area contributed by atoms with E-state index in [1.165, 1.54) is 29.2 Å². The smallest absolute Gasteiger partial charge is 0.391 e. The van der Waals surface area contributed by atoms with Crippen LogP contribution in [0.25, 0.3) is 16.7 Å². The molecule has 2 aromatic carbocycles. The molecule has 3 atom stereocenters. The Bertz CT molecular complexity index is 1710. The van der Waals surface area contributed by atoms with Crippen molar-refractivity contribution >= 4 is 34.4 Å². The summed E-state index contributed by atoms with van der Waals surface area (Å²) >= 11 is 5.84. The number of alkyl halides is 3. The van der Waals surface area contributed by atoms with Gasteiger partial charge in [-0.1, -0.05) is 23.7 Å². The fourth-order valence-electron chi connectivity index (χ4n) is 4.66. The number of amides is 1. The zero-order valence-electron chi connectivity index (χ0n) is 20.7. The molecule has 1 saturated heterocycles. The highest BCUT2D eigenvalue weighted by Crippen LogP contribution is 2.34. The Kier molecular flexibility index (Phi) is 7.45. The van der Waals surface area contributed by atoms with Crippen LogP contribution < -0.4 is 15.6 Å². The van der Waals surface area contributed by atoms with Crippen LogP contribution in [0.2, 0.25) is 5.02 Å². The molecule has 0 bridgehead atoms. The van der Waals surface area contributed by atoms with Crippen LogP contribution in [-0.4, -0.2) is 50.7 Å². The number of carbonyl (C=O) groups is 1. The van der Waals surface area contributed by atoms with Crippen molar-refractivity contribution < 1.29 is 37.0 Å². The van der Waals surface area contributed by atoms with Gasteiger partial charge in [0.05, 0.1) is 17.2 Å². The predicted octanol–water partition coefficient (Wildman–Crippen LogP) is 4.24. The average Bonchev–Trinajstić information content (AvgIpc) is 3.24. The monoisotopic (exact) mass is 594 g/mol. The molecule has 8 nitrogen and oxygen atoms in total. The van der Waals surface area contributed by atoms with Crippen molar-refractivity contribution in [2.75, 3.05) is 11.4 Å². The van der Waals surface area contributed by atoms with Crippen LogP contribution in [0.15, 0.2) is 65.6 Å². The molecule has 2 aromatic heterocycles. The number of hydrogen-bond donors (Lipinski definition) is 3. The standard InChI is InChI=1S/C27H20ClF5N4O4/c28-14-3-1-2-13(8-14)24(27(31,32)33)35-26(41)18-12-36(20-6-4-15(29)9-19(20)30)25-17(23(18)40)5-7-21(34-25)37-11-16(38)10-22(37)39/h1-9,12,16,22,24,38-39H,10-11H2,(H,35,41)/t16-,22?,24?/m0/s1. The Balaban J connectivity index is 1.67. The summed E-state index contributed by atoms with van der Waals surface area (Å²) in [5.41, 5.74) is -2.76. The highest BCUT2D eigenvalue weighted by atomic mass is 35.5. The minimum absolute atomic E-state index is 0.00234. The lowest BCUT2D eigenvalue weighted by Crippen LogP contribution is -2.40. The maximum atomic E-state index is 14.9. The zero-order chi connectivity index (χ0) is 29.6. The number of hydrogen-bond acceptors (Lipinski definition) is 6. The molecule has 1 aliphatic rings. The first kappa shape index (κ1) is 28.5. The number of benzene rings is 2. The molecule has 1 amide bonds. The second-order valence-corrected chi connectivity index (χ2v) is 9.84. The van der Waals surface area contributed by atoms with Gasteiger partial charge in [0.1, 0.15) is 29.2 Å². The third-order valence-corrected chi connectivity index (χ3v) is 6.81. The van der Waals surface area contributed by atoms with Crippen molar-refractivity contribution in [2.24, 2.45) is 0 Å². The molecule has 0 saturated carbocycles. The van der Waals surface area contributed by atoms with Gasteiger partial charge in [-0.3, -0.25) is 14.2 Å². The molecule has 2 unspecified atom stereocenters. The Morgan fingerprint density at radius 3 is 2.49 bits per heavy atom. The van der Waals surface area contributed by atoms with Crippen molar-refractivity contribution in [3.05, 3.63) is 98.8 Å². The van der Waals surface area contributed by atoms with E-state index in [0.717, 1.165) is 35.0 Å². The van der Waals surface area contributed by atoms with E-state index in [1.54, 1.807) is 0 Å². The maximum absolute atomic E-state index is 14.9. The molecular formula is C27H20ClF5N4O4. The number of aliphatic hydroxyl groups is 2. The first-order valence-electron chi connectivity index (χ1n) is 12.1. The van der Waals surface area contributed by atoms with Crippen molar-refractivity contribution in [3.63, 3.8) is 0 Å². The molecule has 4 aromatic rings. The predicted molar refractivity (Wildman–Crippen MR) is 139 cm³/mol. The molecule has 1 aliphatic heterocycles. The van der Waals surface area contributed by atoms with Crippen molar-refractivity contribution in [1.29, 1.82) is 0 Å². The lowest BCUT2D eigenvalue weighted by molar-refractivity contribution is -0.155. The lowest BCUT2D eigenvalue weighted by Gasteiger charge is -2.23. The third kappa shape index (κ3) is 5.60. The quantitative estimate of drug-likeness (QED) is 0.299. The van der Waals surface area contributed by atoms with Gasteiger partial charge in [-0.05, 0) is 42.0 Å². The van der Waals surface area contributed by atoms with Crippen LogP contribution in [0, 0.1) is 11.6 Å². The van der Waals surface area contributed by atoms with Crippen LogP contribution in [0.4, 0.5) is 27.8 Å². The van der Waals surface area contributed by atoms with E-state index in [2.05, 4.69) is 4.98 Å². The van der Waals surface area contributed by atoms with Gasteiger partial charge in [0, 0.05) is 30.3 Å². The SMILES string of the molecule is O=C(NC(c1cccc(Cl)c1)C(F)(F)F)c1cn(-c2ccc(F)cc2F)c2nc(N3C[C@@H](O)CC3O)ccc2c1=O. The summed E-state index contributed by atoms with van der Waals surface area (Å²) in [5.74, 6) is -3.37. The zero-order valence-corrected chi connectivity index (χ0v) is 21.5. The summed E-state index contributed by atoms with van der Waals surface area (Å²) in [7, 11) is 0. The van der Waals surface area contributed by atoms with Crippen LogP contribution in [0.1, 0.15) is 28.4 Å². The largest absolute Gasteiger partial charge is 0.412 e. The van der Waals surface area contributed by atoms with Gasteiger partial charge in [-0.2, -0.15) is 13.2 Å². The van der Waals surface area contributed by atoms with E-state index in [1.807, 2.05) is 5.32 Å². The summed E-state index contributed by atoms with van der Waals surface area (Å²) in [6.45, 7) is -0.00234. The van der Waals surface area contributed by atoms with Crippen LogP contribution >= 0.6 is 11.6 Å². The van der Waals surface area contributed by atoms with Crippen LogP contribution in [-0.2, 0) is 0 Å². The highest BCUT2D eigenvalue weighted by molar-refractivity contribution is 6.30. The second kappa shape index (κ2) is 10.7. The summed E-state index contributed by atoms with van der Waals surface area (Å²) < 4.78 is 71.5. The van der Waals surface area contributed by atoms with Crippen molar-refractivity contribution in [1.82, 2.24) is 14.9 Å². The molecule has 0 spiro atoms. The number of carbonyl (C=O) groups excluding carboxylic acids is 1. The number of nitrogens with one attached hydrogen (secondary N) is 1. The van der Waals surface area contributed by atoms with E-state index in [4.69, 9.17) is 11.6 Å². The third-order valence-electron chi connectivity index (χ3n) is 6.58. The molecule has 41 heavy (non-hydrogen) atoms. The molecule has 1 fully saturated rings. The average molecular weight is 595 g/mol. The van der Waals surface area contributed by atoms with Gasteiger partial charge in [-0.15, -0.1) is 0 Å². The summed E-state index contributed by atoms with van der Waals surface area (Å²) in [6, 6.07) is 7.17. The minimum atomic E-state index is -4.98. The van der Waals surface area contributed by atoms with E-state index in [-0.39, 0.29) is 46.1 Å². The molecule has 5 rings (SSSR count). The Morgan fingerprint density at radius 1 is 1.10 bits per heavy atom. The topological polar surface area (TPSA) is 108 Å². The molecule has 14 heteroatoms. The number of fused-ring (bicyclic) bond motifs is 1. The highest BCUT2D eigenvalue weighted by Gasteiger charge is 2.42. The number of halogens is 6. The van der Waals surface area contributed by atoms with Gasteiger partial charge in [-0.25, -0.2) is 13.8 Å². The van der Waals surface area contributed by atoms with Gasteiger partial charge >= 0.3 is 6.18 Å². The van der Waals surface area contributed by atoms with Crippen LogP contribution in [0.3, 0.4) is 0 Å². The van der Waals surface area contributed by atoms with Crippen molar-refractivity contribution in [2.45, 2.75) is 31.0 Å². The first-order chi connectivity index (χ1) is 19.3. The number of nitrogens with zero attached hydrogens (tertiary/aromatic N) is 3. The van der Waals surface area contributed by atoms with Gasteiger partial charge in [0.25, 0.3) is 5.91 Å². The molecule has 0 aliphatic carbocycles. The molecule has 0 radical (unpaired) electrons. The number of aromatic nitrogens is 2. The van der Waals surface area contributed by atoms with Gasteiger partial charge in [0.2, 0.25) is 5.43 Å². The normalized spacial score (nSPS) is 18.1. The fourth-order valence-corrected chi connectivity index (χ4v) is 4.86. The van der Waals surface area contributed by atoms with E-state index in [0.29, 0.717) is 6.07 Å². The fraction of sp³-hybridized carbons (Fsp3) is 0.222. The van der Waals surface area contributed by atoms with E-state index < -0.39 is 53.1 Å². The lowest BCUT2D eigenvalue weighted by atomic mass is 10.1. The van der Waals surface area contributed by atoms with E-state index >= 15 is 0 Å². The number of aliphatic hydroxyl groups excluding tert-OH is 2. The Hall–Kier alpha value is -4.07. The molecule has 3 N–H and O–H groups in total. The van der Waals surface area contributed by atoms with E-state index in [9.17, 15) is 41.8 Å². The molecule has 3 heterocycles.